The van der Waals surface area contributed by atoms with Gasteiger partial charge in [0.1, 0.15) is 0 Å². The fraction of sp³-hybridized carbons (Fsp3) is 0.391. The molecule has 0 saturated carbocycles. The van der Waals surface area contributed by atoms with Gasteiger partial charge in [-0.05, 0) is 30.9 Å². The molecule has 1 saturated heterocycles. The topological polar surface area (TPSA) is 46.6 Å². The molecule has 4 nitrogen and oxygen atoms in total. The van der Waals surface area contributed by atoms with Crippen molar-refractivity contribution in [3.05, 3.63) is 71.8 Å². The summed E-state index contributed by atoms with van der Waals surface area (Å²) in [6.07, 6.45) is 1.82. The molecule has 0 unspecified atom stereocenters. The van der Waals surface area contributed by atoms with Gasteiger partial charge in [0.2, 0.25) is 5.91 Å². The normalized spacial score (nSPS) is 15.0. The quantitative estimate of drug-likeness (QED) is 0.727. The first kappa shape index (κ1) is 19.2. The number of ether oxygens (including phenoxy) is 1. The Kier molecular flexibility index (Phi) is 6.64. The van der Waals surface area contributed by atoms with E-state index in [2.05, 4.69) is 24.3 Å². The third-order valence-electron chi connectivity index (χ3n) is 5.25. The van der Waals surface area contributed by atoms with Gasteiger partial charge in [0.25, 0.3) is 0 Å². The zero-order valence-electron chi connectivity index (χ0n) is 15.8. The molecule has 0 aromatic heterocycles. The standard InChI is InChI=1S/C23H27NO3/c1-2-27-23(26)20-13-15-24(16-14-20)22(25)17-21(18-9-5-3-6-10-18)19-11-7-4-8-12-19/h3-12,20-21H,2,13-17H2,1H3. The lowest BCUT2D eigenvalue weighted by Gasteiger charge is -2.32. The molecule has 1 amide bonds. The van der Waals surface area contributed by atoms with Crippen molar-refractivity contribution in [1.82, 2.24) is 4.90 Å². The molecule has 0 spiro atoms. The largest absolute Gasteiger partial charge is 0.466 e. The Hall–Kier alpha value is -2.62. The lowest BCUT2D eigenvalue weighted by molar-refractivity contribution is -0.151. The lowest BCUT2D eigenvalue weighted by atomic mass is 9.87. The van der Waals surface area contributed by atoms with Crippen molar-refractivity contribution in [2.45, 2.75) is 32.1 Å². The number of amides is 1. The highest BCUT2D eigenvalue weighted by Crippen LogP contribution is 2.29. The number of carbonyl (C=O) groups excluding carboxylic acids is 2. The minimum Gasteiger partial charge on any atom is -0.466 e. The molecule has 1 heterocycles. The zero-order valence-corrected chi connectivity index (χ0v) is 15.8. The molecule has 1 fully saturated rings. The molecule has 27 heavy (non-hydrogen) atoms. The molecule has 2 aromatic carbocycles. The summed E-state index contributed by atoms with van der Waals surface area (Å²) >= 11 is 0. The van der Waals surface area contributed by atoms with E-state index in [1.807, 2.05) is 48.2 Å². The van der Waals surface area contributed by atoms with Crippen LogP contribution < -0.4 is 0 Å². The first-order chi connectivity index (χ1) is 13.2. The maximum Gasteiger partial charge on any atom is 0.309 e. The molecule has 0 N–H and O–H groups in total. The summed E-state index contributed by atoms with van der Waals surface area (Å²) in [6.45, 7) is 3.48. The summed E-state index contributed by atoms with van der Waals surface area (Å²) in [4.78, 5) is 26.8. The van der Waals surface area contributed by atoms with Crippen LogP contribution in [-0.4, -0.2) is 36.5 Å². The van der Waals surface area contributed by atoms with Crippen molar-refractivity contribution < 1.29 is 14.3 Å². The highest BCUT2D eigenvalue weighted by Gasteiger charge is 2.29. The van der Waals surface area contributed by atoms with E-state index in [-0.39, 0.29) is 23.7 Å². The SMILES string of the molecule is CCOC(=O)C1CCN(C(=O)CC(c2ccccc2)c2ccccc2)CC1. The van der Waals surface area contributed by atoms with Crippen LogP contribution in [0.3, 0.4) is 0 Å². The van der Waals surface area contributed by atoms with Crippen LogP contribution in [0.2, 0.25) is 0 Å². The lowest BCUT2D eigenvalue weighted by Crippen LogP contribution is -2.41. The highest BCUT2D eigenvalue weighted by atomic mass is 16.5. The van der Waals surface area contributed by atoms with Gasteiger partial charge in [-0.2, -0.15) is 0 Å². The zero-order chi connectivity index (χ0) is 19.1. The molecule has 4 heteroatoms. The molecule has 1 aliphatic heterocycles. The van der Waals surface area contributed by atoms with E-state index in [9.17, 15) is 9.59 Å². The second-order valence-electron chi connectivity index (χ2n) is 6.99. The van der Waals surface area contributed by atoms with Crippen LogP contribution in [0.15, 0.2) is 60.7 Å². The van der Waals surface area contributed by atoms with Gasteiger partial charge in [0, 0.05) is 25.4 Å². The molecule has 0 atom stereocenters. The first-order valence-electron chi connectivity index (χ1n) is 9.73. The molecule has 0 aliphatic carbocycles. The second-order valence-corrected chi connectivity index (χ2v) is 6.99. The average molecular weight is 365 g/mol. The van der Waals surface area contributed by atoms with Crippen LogP contribution in [0.1, 0.15) is 43.2 Å². The summed E-state index contributed by atoms with van der Waals surface area (Å²) in [5.41, 5.74) is 2.30. The van der Waals surface area contributed by atoms with E-state index in [1.165, 1.54) is 0 Å². The van der Waals surface area contributed by atoms with Crippen LogP contribution in [0.5, 0.6) is 0 Å². The molecule has 142 valence electrons. The fourth-order valence-electron chi connectivity index (χ4n) is 3.73. The predicted molar refractivity (Wildman–Crippen MR) is 105 cm³/mol. The number of likely N-dealkylation sites (tertiary alicyclic amines) is 1. The number of rotatable bonds is 6. The first-order valence-corrected chi connectivity index (χ1v) is 9.73. The number of esters is 1. The Morgan fingerprint density at radius 1 is 0.963 bits per heavy atom. The van der Waals surface area contributed by atoms with Crippen molar-refractivity contribution in [3.8, 4) is 0 Å². The highest BCUT2D eigenvalue weighted by molar-refractivity contribution is 5.78. The monoisotopic (exact) mass is 365 g/mol. The molecular formula is C23H27NO3. The molecule has 2 aromatic rings. The summed E-state index contributed by atoms with van der Waals surface area (Å²) in [6, 6.07) is 20.4. The van der Waals surface area contributed by atoms with E-state index in [0.717, 1.165) is 11.1 Å². The van der Waals surface area contributed by atoms with Gasteiger partial charge >= 0.3 is 5.97 Å². The second kappa shape index (κ2) is 9.36. The van der Waals surface area contributed by atoms with Crippen LogP contribution in [0.25, 0.3) is 0 Å². The Morgan fingerprint density at radius 2 is 1.48 bits per heavy atom. The third kappa shape index (κ3) is 4.97. The van der Waals surface area contributed by atoms with Crippen molar-refractivity contribution >= 4 is 11.9 Å². The summed E-state index contributed by atoms with van der Waals surface area (Å²) < 4.78 is 5.11. The van der Waals surface area contributed by atoms with Gasteiger partial charge in [-0.3, -0.25) is 9.59 Å². The van der Waals surface area contributed by atoms with E-state index >= 15 is 0 Å². The Morgan fingerprint density at radius 3 is 1.96 bits per heavy atom. The number of piperidine rings is 1. The van der Waals surface area contributed by atoms with Gasteiger partial charge in [0.15, 0.2) is 0 Å². The average Bonchev–Trinajstić information content (AvgIpc) is 2.73. The Labute approximate surface area is 161 Å². The molecule has 0 bridgehead atoms. The Bertz CT molecular complexity index is 697. The van der Waals surface area contributed by atoms with Crippen LogP contribution in [0.4, 0.5) is 0 Å². The van der Waals surface area contributed by atoms with E-state index < -0.39 is 0 Å². The van der Waals surface area contributed by atoms with Gasteiger partial charge < -0.3 is 9.64 Å². The summed E-state index contributed by atoms with van der Waals surface area (Å²) in [7, 11) is 0. The maximum absolute atomic E-state index is 13.0. The van der Waals surface area contributed by atoms with Gasteiger partial charge in [-0.25, -0.2) is 0 Å². The van der Waals surface area contributed by atoms with Crippen molar-refractivity contribution in [1.29, 1.82) is 0 Å². The molecule has 1 aliphatic rings. The van der Waals surface area contributed by atoms with E-state index in [4.69, 9.17) is 4.74 Å². The predicted octanol–water partition coefficient (Wildman–Crippen LogP) is 4.01. The fourth-order valence-corrected chi connectivity index (χ4v) is 3.73. The number of benzene rings is 2. The molecular weight excluding hydrogens is 338 g/mol. The van der Waals surface area contributed by atoms with Crippen molar-refractivity contribution in [3.63, 3.8) is 0 Å². The number of nitrogens with zero attached hydrogens (tertiary/aromatic N) is 1. The third-order valence-corrected chi connectivity index (χ3v) is 5.25. The molecule has 0 radical (unpaired) electrons. The Balaban J connectivity index is 1.66. The van der Waals surface area contributed by atoms with Crippen LogP contribution in [-0.2, 0) is 14.3 Å². The smallest absolute Gasteiger partial charge is 0.309 e. The van der Waals surface area contributed by atoms with Gasteiger partial charge in [0.05, 0.1) is 12.5 Å². The number of hydrogen-bond donors (Lipinski definition) is 0. The number of hydrogen-bond acceptors (Lipinski definition) is 3. The summed E-state index contributed by atoms with van der Waals surface area (Å²) in [5.74, 6) is -0.0122. The number of carbonyl (C=O) groups is 2. The molecule has 3 rings (SSSR count). The van der Waals surface area contributed by atoms with E-state index in [0.29, 0.717) is 39.0 Å². The van der Waals surface area contributed by atoms with Gasteiger partial charge in [-0.15, -0.1) is 0 Å². The minimum absolute atomic E-state index is 0.0441. The minimum atomic E-state index is -0.129. The van der Waals surface area contributed by atoms with E-state index in [1.54, 1.807) is 0 Å². The summed E-state index contributed by atoms with van der Waals surface area (Å²) in [5, 5.41) is 0. The van der Waals surface area contributed by atoms with Crippen LogP contribution >= 0.6 is 0 Å². The van der Waals surface area contributed by atoms with Crippen LogP contribution in [0, 0.1) is 5.92 Å². The van der Waals surface area contributed by atoms with Crippen molar-refractivity contribution in [2.75, 3.05) is 19.7 Å². The maximum atomic E-state index is 13.0. The van der Waals surface area contributed by atoms with Gasteiger partial charge in [-0.1, -0.05) is 60.7 Å². The van der Waals surface area contributed by atoms with Crippen molar-refractivity contribution in [2.24, 2.45) is 5.92 Å².